The zero-order valence-corrected chi connectivity index (χ0v) is 16.8. The molecule has 3 aliphatic rings. The van der Waals surface area contributed by atoms with Crippen molar-refractivity contribution in [3.05, 3.63) is 46.8 Å². The molecule has 0 radical (unpaired) electrons. The van der Waals surface area contributed by atoms with Gasteiger partial charge in [-0.15, -0.1) is 0 Å². The van der Waals surface area contributed by atoms with Gasteiger partial charge < -0.3 is 15.1 Å². The highest BCUT2D eigenvalue weighted by Crippen LogP contribution is 2.37. The minimum absolute atomic E-state index is 0.00712. The highest BCUT2D eigenvalue weighted by Gasteiger charge is 2.40. The fraction of sp³-hybridized carbons (Fsp3) is 0.500. The van der Waals surface area contributed by atoms with E-state index >= 15 is 0 Å². The quantitative estimate of drug-likeness (QED) is 0.810. The fourth-order valence-electron chi connectivity index (χ4n) is 4.87. The number of nitrogens with zero attached hydrogens (tertiary/aromatic N) is 3. The monoisotopic (exact) mass is 393 g/mol. The number of hydrogen-bond acceptors (Lipinski definition) is 4. The van der Waals surface area contributed by atoms with Gasteiger partial charge in [-0.1, -0.05) is 6.07 Å². The lowest BCUT2D eigenvalue weighted by atomic mass is 9.91. The van der Waals surface area contributed by atoms with Crippen LogP contribution in [0.3, 0.4) is 0 Å². The van der Waals surface area contributed by atoms with Gasteiger partial charge in [0.2, 0.25) is 5.91 Å². The number of hydrogen-bond donors (Lipinski definition) is 2. The van der Waals surface area contributed by atoms with Crippen LogP contribution >= 0.6 is 0 Å². The number of nitrogens with one attached hydrogen (secondary N) is 2. The number of H-pyrrole nitrogens is 1. The van der Waals surface area contributed by atoms with Crippen molar-refractivity contribution in [3.8, 4) is 0 Å². The third-order valence-electron chi connectivity index (χ3n) is 6.53. The molecular weight excluding hydrogens is 366 g/mol. The van der Waals surface area contributed by atoms with Crippen molar-refractivity contribution in [1.29, 1.82) is 0 Å². The summed E-state index contributed by atoms with van der Waals surface area (Å²) in [4.78, 5) is 29.8. The number of anilines is 1. The van der Waals surface area contributed by atoms with Crippen LogP contribution in [0.4, 0.5) is 5.69 Å². The maximum Gasteiger partial charge on any atom is 0.254 e. The molecule has 1 aromatic carbocycles. The summed E-state index contributed by atoms with van der Waals surface area (Å²) in [5.41, 5.74) is 5.39. The summed E-state index contributed by atoms with van der Waals surface area (Å²) in [6.07, 6.45) is 7.72. The maximum atomic E-state index is 13.7. The standard InChI is InChI=1S/C22H27N5O2/c1-23-21(28)13-26-10-9-17-18(3-2-4-20(17)26)22(29)27(15-5-6-15)16-7-8-19-14(11-16)12-24-25-19/h2-4,12,15-16H,5-11,13H2,1H3,(H,23,28)(H,24,25). The molecule has 1 saturated carbocycles. The van der Waals surface area contributed by atoms with Crippen LogP contribution in [0.25, 0.3) is 0 Å². The molecule has 1 aromatic heterocycles. The van der Waals surface area contributed by atoms with E-state index in [0.717, 1.165) is 61.9 Å². The molecule has 152 valence electrons. The number of aromatic nitrogens is 2. The lowest BCUT2D eigenvalue weighted by Gasteiger charge is -2.35. The van der Waals surface area contributed by atoms with Crippen LogP contribution in [0, 0.1) is 0 Å². The van der Waals surface area contributed by atoms with Crippen LogP contribution in [0.1, 0.15) is 46.4 Å². The highest BCUT2D eigenvalue weighted by molar-refractivity contribution is 5.98. The zero-order valence-electron chi connectivity index (χ0n) is 16.8. The molecule has 29 heavy (non-hydrogen) atoms. The van der Waals surface area contributed by atoms with Crippen LogP contribution in [0.2, 0.25) is 0 Å². The zero-order chi connectivity index (χ0) is 20.0. The Balaban J connectivity index is 1.42. The Kier molecular flexibility index (Phi) is 4.53. The first-order chi connectivity index (χ1) is 14.2. The minimum Gasteiger partial charge on any atom is -0.362 e. The second-order valence-electron chi connectivity index (χ2n) is 8.36. The number of benzene rings is 1. The Labute approximate surface area is 170 Å². The molecule has 1 atom stereocenters. The molecule has 1 fully saturated rings. The first kappa shape index (κ1) is 18.2. The molecule has 0 spiro atoms. The summed E-state index contributed by atoms with van der Waals surface area (Å²) < 4.78 is 0. The summed E-state index contributed by atoms with van der Waals surface area (Å²) >= 11 is 0. The van der Waals surface area contributed by atoms with Gasteiger partial charge in [-0.2, -0.15) is 5.10 Å². The summed E-state index contributed by atoms with van der Waals surface area (Å²) in [6.45, 7) is 1.11. The van der Waals surface area contributed by atoms with E-state index in [4.69, 9.17) is 0 Å². The van der Waals surface area contributed by atoms with E-state index in [1.807, 2.05) is 24.4 Å². The van der Waals surface area contributed by atoms with Gasteiger partial charge in [0.15, 0.2) is 0 Å². The van der Waals surface area contributed by atoms with Gasteiger partial charge in [0.25, 0.3) is 5.91 Å². The van der Waals surface area contributed by atoms with Gasteiger partial charge in [-0.25, -0.2) is 0 Å². The second-order valence-corrected chi connectivity index (χ2v) is 8.36. The van der Waals surface area contributed by atoms with Crippen LogP contribution < -0.4 is 10.2 Å². The SMILES string of the molecule is CNC(=O)CN1CCc2c(C(=O)N(C3CC3)C3CCc4[nH]ncc4C3)cccc21. The van der Waals surface area contributed by atoms with Crippen LogP contribution in [0.15, 0.2) is 24.4 Å². The van der Waals surface area contributed by atoms with E-state index in [2.05, 4.69) is 25.3 Å². The molecule has 2 heterocycles. The van der Waals surface area contributed by atoms with Crippen molar-refractivity contribution in [2.75, 3.05) is 25.0 Å². The smallest absolute Gasteiger partial charge is 0.254 e. The number of aromatic amines is 1. The molecule has 7 heteroatoms. The van der Waals surface area contributed by atoms with Gasteiger partial charge in [0.05, 0.1) is 12.7 Å². The average molecular weight is 393 g/mol. The van der Waals surface area contributed by atoms with Gasteiger partial charge in [-0.05, 0) is 61.8 Å². The minimum atomic E-state index is -0.00712. The molecule has 1 unspecified atom stereocenters. The average Bonchev–Trinajstić information content (AvgIpc) is 3.31. The van der Waals surface area contributed by atoms with Gasteiger partial charge in [-0.3, -0.25) is 14.7 Å². The molecule has 5 rings (SSSR count). The fourth-order valence-corrected chi connectivity index (χ4v) is 4.87. The van der Waals surface area contributed by atoms with Crippen molar-refractivity contribution in [1.82, 2.24) is 20.4 Å². The molecule has 2 aliphatic carbocycles. The van der Waals surface area contributed by atoms with E-state index < -0.39 is 0 Å². The molecule has 0 saturated heterocycles. The van der Waals surface area contributed by atoms with Crippen molar-refractivity contribution < 1.29 is 9.59 Å². The normalized spacial score (nSPS) is 20.2. The van der Waals surface area contributed by atoms with E-state index in [-0.39, 0.29) is 17.9 Å². The van der Waals surface area contributed by atoms with Gasteiger partial charge >= 0.3 is 0 Å². The van der Waals surface area contributed by atoms with E-state index in [9.17, 15) is 9.59 Å². The predicted molar refractivity (Wildman–Crippen MR) is 110 cm³/mol. The number of amides is 2. The van der Waals surface area contributed by atoms with Crippen LogP contribution in [-0.4, -0.2) is 59.1 Å². The summed E-state index contributed by atoms with van der Waals surface area (Å²) in [7, 11) is 1.66. The van der Waals surface area contributed by atoms with E-state index in [1.165, 1.54) is 11.3 Å². The highest BCUT2D eigenvalue weighted by atomic mass is 16.2. The Morgan fingerprint density at radius 2 is 2.10 bits per heavy atom. The third kappa shape index (κ3) is 3.28. The van der Waals surface area contributed by atoms with Crippen molar-refractivity contribution in [3.63, 3.8) is 0 Å². The van der Waals surface area contributed by atoms with Crippen LogP contribution in [0.5, 0.6) is 0 Å². The van der Waals surface area contributed by atoms with Gasteiger partial charge in [0, 0.05) is 42.6 Å². The van der Waals surface area contributed by atoms with Gasteiger partial charge in [0.1, 0.15) is 0 Å². The predicted octanol–water partition coefficient (Wildman–Crippen LogP) is 1.68. The number of carbonyl (C=O) groups excluding carboxylic acids is 2. The molecule has 2 aromatic rings. The lowest BCUT2D eigenvalue weighted by Crippen LogP contribution is -2.45. The Hall–Kier alpha value is -2.83. The molecular formula is C22H27N5O2. The number of likely N-dealkylation sites (N-methyl/N-ethyl adjacent to an activating group) is 1. The largest absolute Gasteiger partial charge is 0.362 e. The maximum absolute atomic E-state index is 13.7. The molecule has 1 aliphatic heterocycles. The Bertz CT molecular complexity index is 948. The second kappa shape index (κ2) is 7.21. The number of aryl methyl sites for hydroxylation is 1. The van der Waals surface area contributed by atoms with Crippen molar-refractivity contribution >= 4 is 17.5 Å². The van der Waals surface area contributed by atoms with Crippen LogP contribution in [-0.2, 0) is 24.1 Å². The van der Waals surface area contributed by atoms with Crippen molar-refractivity contribution in [2.24, 2.45) is 0 Å². The number of carbonyl (C=O) groups is 2. The molecule has 7 nitrogen and oxygen atoms in total. The molecule has 2 amide bonds. The van der Waals surface area contributed by atoms with Crippen molar-refractivity contribution in [2.45, 2.75) is 50.6 Å². The third-order valence-corrected chi connectivity index (χ3v) is 6.53. The van der Waals surface area contributed by atoms with E-state index in [1.54, 1.807) is 7.05 Å². The first-order valence-electron chi connectivity index (χ1n) is 10.6. The lowest BCUT2D eigenvalue weighted by molar-refractivity contribution is -0.119. The first-order valence-corrected chi connectivity index (χ1v) is 10.6. The van der Waals surface area contributed by atoms with E-state index in [0.29, 0.717) is 12.6 Å². The molecule has 2 N–H and O–H groups in total. The molecule has 0 bridgehead atoms. The Morgan fingerprint density at radius 1 is 1.24 bits per heavy atom. The number of fused-ring (bicyclic) bond motifs is 2. The summed E-state index contributed by atoms with van der Waals surface area (Å²) in [5.74, 6) is 0.149. The summed E-state index contributed by atoms with van der Waals surface area (Å²) in [5, 5.41) is 9.96. The topological polar surface area (TPSA) is 81.3 Å². The Morgan fingerprint density at radius 3 is 2.90 bits per heavy atom. The summed E-state index contributed by atoms with van der Waals surface area (Å²) in [6, 6.07) is 6.54. The number of rotatable bonds is 5.